The third kappa shape index (κ3) is 5.03. The summed E-state index contributed by atoms with van der Waals surface area (Å²) in [7, 11) is -4.02. The molecule has 1 fully saturated rings. The van der Waals surface area contributed by atoms with Gasteiger partial charge in [0.2, 0.25) is 15.9 Å². The minimum absolute atomic E-state index is 0.178. The van der Waals surface area contributed by atoms with Gasteiger partial charge in [-0.25, -0.2) is 8.42 Å². The molecule has 0 aliphatic carbocycles. The lowest BCUT2D eigenvalue weighted by Crippen LogP contribution is -2.46. The quantitative estimate of drug-likeness (QED) is 0.761. The molecule has 1 aromatic carbocycles. The van der Waals surface area contributed by atoms with Gasteiger partial charge in [0.1, 0.15) is 6.54 Å². The molecule has 1 atom stereocenters. The van der Waals surface area contributed by atoms with Crippen LogP contribution in [0.5, 0.6) is 0 Å². The Morgan fingerprint density at radius 2 is 2.04 bits per heavy atom. The molecule has 0 radical (unpaired) electrons. The van der Waals surface area contributed by atoms with E-state index in [1.54, 1.807) is 0 Å². The Bertz CT molecular complexity index is 783. The van der Waals surface area contributed by atoms with Crippen molar-refractivity contribution in [3.05, 3.63) is 28.8 Å². The standard InChI is InChI=1S/C16H20ClF3N2O3S/c1-11-4-3-7-21(9-11)15(23)10-22(26(2,24)25)14-8-12(16(18,19)20)5-6-13(14)17/h5-6,8,11H,3-4,7,9-10H2,1-2H3/t11-/m0/s1. The lowest BCUT2D eigenvalue weighted by atomic mass is 10.0. The van der Waals surface area contributed by atoms with Crippen LogP contribution < -0.4 is 4.31 Å². The van der Waals surface area contributed by atoms with E-state index < -0.39 is 34.2 Å². The summed E-state index contributed by atoms with van der Waals surface area (Å²) >= 11 is 5.94. The third-order valence-corrected chi connectivity index (χ3v) is 5.68. The van der Waals surface area contributed by atoms with Crippen molar-refractivity contribution in [2.45, 2.75) is 25.9 Å². The third-order valence-electron chi connectivity index (χ3n) is 4.23. The van der Waals surface area contributed by atoms with Crippen LogP contribution in [0, 0.1) is 5.92 Å². The fraction of sp³-hybridized carbons (Fsp3) is 0.562. The lowest BCUT2D eigenvalue weighted by molar-refractivity contribution is -0.137. The van der Waals surface area contributed by atoms with Gasteiger partial charge in [-0.2, -0.15) is 13.2 Å². The van der Waals surface area contributed by atoms with Crippen molar-refractivity contribution in [1.29, 1.82) is 0 Å². The summed E-state index contributed by atoms with van der Waals surface area (Å²) in [6.07, 6.45) is -2.06. The summed E-state index contributed by atoms with van der Waals surface area (Å²) in [6.45, 7) is 2.38. The second-order valence-electron chi connectivity index (χ2n) is 6.52. The van der Waals surface area contributed by atoms with Crippen molar-refractivity contribution in [3.63, 3.8) is 0 Å². The van der Waals surface area contributed by atoms with Crippen molar-refractivity contribution in [3.8, 4) is 0 Å². The molecule has 0 N–H and O–H groups in total. The topological polar surface area (TPSA) is 57.7 Å². The molecule has 1 saturated heterocycles. The zero-order valence-electron chi connectivity index (χ0n) is 14.4. The maximum absolute atomic E-state index is 13.0. The molecule has 0 saturated carbocycles. The minimum atomic E-state index is -4.66. The van der Waals surface area contributed by atoms with Crippen molar-refractivity contribution in [1.82, 2.24) is 4.90 Å². The molecule has 1 aromatic rings. The normalized spacial score (nSPS) is 18.7. The van der Waals surface area contributed by atoms with Gasteiger partial charge in [0.15, 0.2) is 0 Å². The Morgan fingerprint density at radius 1 is 1.38 bits per heavy atom. The molecule has 10 heteroatoms. The van der Waals surface area contributed by atoms with Crippen LogP contribution in [0.25, 0.3) is 0 Å². The van der Waals surface area contributed by atoms with E-state index in [0.717, 1.165) is 31.2 Å². The zero-order valence-corrected chi connectivity index (χ0v) is 16.0. The van der Waals surface area contributed by atoms with Crippen LogP contribution >= 0.6 is 11.6 Å². The average molecular weight is 413 g/mol. The lowest BCUT2D eigenvalue weighted by Gasteiger charge is -2.33. The smallest absolute Gasteiger partial charge is 0.341 e. The van der Waals surface area contributed by atoms with Gasteiger partial charge < -0.3 is 4.90 Å². The number of nitrogens with zero attached hydrogens (tertiary/aromatic N) is 2. The minimum Gasteiger partial charge on any atom is -0.341 e. The Hall–Kier alpha value is -1.48. The number of alkyl halides is 3. The van der Waals surface area contributed by atoms with Gasteiger partial charge in [0, 0.05) is 13.1 Å². The highest BCUT2D eigenvalue weighted by Crippen LogP contribution is 2.36. The number of likely N-dealkylation sites (tertiary alicyclic amines) is 1. The van der Waals surface area contributed by atoms with E-state index in [1.807, 2.05) is 6.92 Å². The van der Waals surface area contributed by atoms with Crippen LogP contribution in [-0.2, 0) is 21.0 Å². The molecule has 0 bridgehead atoms. The van der Waals surface area contributed by atoms with Crippen molar-refractivity contribution < 1.29 is 26.4 Å². The van der Waals surface area contributed by atoms with Crippen LogP contribution in [0.1, 0.15) is 25.3 Å². The van der Waals surface area contributed by atoms with Gasteiger partial charge in [0.05, 0.1) is 22.5 Å². The summed E-state index contributed by atoms with van der Waals surface area (Å²) in [5.74, 6) is -0.174. The van der Waals surface area contributed by atoms with Gasteiger partial charge in [-0.3, -0.25) is 9.10 Å². The van der Waals surface area contributed by atoms with E-state index in [0.29, 0.717) is 23.5 Å². The highest BCUT2D eigenvalue weighted by atomic mass is 35.5. The van der Waals surface area contributed by atoms with Gasteiger partial charge in [-0.05, 0) is 37.0 Å². The number of amides is 1. The van der Waals surface area contributed by atoms with E-state index in [2.05, 4.69) is 0 Å². The molecule has 26 heavy (non-hydrogen) atoms. The molecular formula is C16H20ClF3N2O3S. The van der Waals surface area contributed by atoms with E-state index in [-0.39, 0.29) is 16.6 Å². The van der Waals surface area contributed by atoms with E-state index in [9.17, 15) is 26.4 Å². The summed E-state index contributed by atoms with van der Waals surface area (Å²) in [5.41, 5.74) is -1.40. The van der Waals surface area contributed by atoms with Gasteiger partial charge >= 0.3 is 6.18 Å². The molecule has 0 unspecified atom stereocenters. The van der Waals surface area contributed by atoms with Gasteiger partial charge in [-0.15, -0.1) is 0 Å². The first-order valence-electron chi connectivity index (χ1n) is 8.02. The number of carbonyl (C=O) groups excluding carboxylic acids is 1. The second-order valence-corrected chi connectivity index (χ2v) is 8.83. The zero-order chi connectivity index (χ0) is 19.7. The monoisotopic (exact) mass is 412 g/mol. The summed E-state index contributed by atoms with van der Waals surface area (Å²) < 4.78 is 63.8. The van der Waals surface area contributed by atoms with Crippen molar-refractivity contribution in [2.75, 3.05) is 30.2 Å². The largest absolute Gasteiger partial charge is 0.416 e. The van der Waals surface area contributed by atoms with Crippen LogP contribution in [0.15, 0.2) is 18.2 Å². The van der Waals surface area contributed by atoms with E-state index in [1.165, 1.54) is 4.90 Å². The molecule has 1 aliphatic rings. The highest BCUT2D eigenvalue weighted by Gasteiger charge is 2.33. The molecule has 0 aromatic heterocycles. The first kappa shape index (κ1) is 20.8. The SMILES string of the molecule is C[C@H]1CCCN(C(=O)CN(c2cc(C(F)(F)F)ccc2Cl)S(C)(=O)=O)C1. The van der Waals surface area contributed by atoms with Crippen LogP contribution in [0.3, 0.4) is 0 Å². The number of hydrogen-bond donors (Lipinski definition) is 0. The first-order valence-corrected chi connectivity index (χ1v) is 10.2. The predicted octanol–water partition coefficient (Wildman–Crippen LogP) is 3.38. The number of halogens is 4. The number of piperidine rings is 1. The number of hydrogen-bond acceptors (Lipinski definition) is 3. The summed E-state index contributed by atoms with van der Waals surface area (Å²) in [4.78, 5) is 14.1. The van der Waals surface area contributed by atoms with Gasteiger partial charge in [-0.1, -0.05) is 18.5 Å². The molecule has 0 spiro atoms. The van der Waals surface area contributed by atoms with Crippen LogP contribution in [0.2, 0.25) is 5.02 Å². The van der Waals surface area contributed by atoms with Gasteiger partial charge in [0.25, 0.3) is 0 Å². The molecule has 1 amide bonds. The maximum atomic E-state index is 13.0. The number of rotatable bonds is 4. The number of benzene rings is 1. The molecule has 146 valence electrons. The second kappa shape index (κ2) is 7.64. The maximum Gasteiger partial charge on any atom is 0.416 e. The Labute approximate surface area is 155 Å². The molecule has 5 nitrogen and oxygen atoms in total. The average Bonchev–Trinajstić information content (AvgIpc) is 2.51. The van der Waals surface area contributed by atoms with Crippen molar-refractivity contribution >= 4 is 33.2 Å². The Balaban J connectivity index is 2.36. The fourth-order valence-corrected chi connectivity index (χ4v) is 4.02. The Kier molecular flexibility index (Phi) is 6.12. The number of sulfonamides is 1. The van der Waals surface area contributed by atoms with Crippen LogP contribution in [-0.4, -0.2) is 45.1 Å². The number of carbonyl (C=O) groups is 1. The number of anilines is 1. The molecule has 1 aliphatic heterocycles. The summed E-state index contributed by atoms with van der Waals surface area (Å²) in [6, 6.07) is 2.39. The molecule has 1 heterocycles. The van der Waals surface area contributed by atoms with E-state index >= 15 is 0 Å². The molecular weight excluding hydrogens is 393 g/mol. The fourth-order valence-electron chi connectivity index (χ4n) is 2.90. The summed E-state index contributed by atoms with van der Waals surface area (Å²) in [5, 5.41) is -0.178. The highest BCUT2D eigenvalue weighted by molar-refractivity contribution is 7.92. The molecule has 2 rings (SSSR count). The van der Waals surface area contributed by atoms with Crippen LogP contribution in [0.4, 0.5) is 18.9 Å². The first-order chi connectivity index (χ1) is 11.9. The van der Waals surface area contributed by atoms with Crippen molar-refractivity contribution in [2.24, 2.45) is 5.92 Å². The van der Waals surface area contributed by atoms with E-state index in [4.69, 9.17) is 11.6 Å². The predicted molar refractivity (Wildman–Crippen MR) is 93.6 cm³/mol. The Morgan fingerprint density at radius 3 is 2.58 bits per heavy atom.